The quantitative estimate of drug-likeness (QED) is 0.559. The first-order chi connectivity index (χ1) is 12.0. The van der Waals surface area contributed by atoms with E-state index in [-0.39, 0.29) is 4.90 Å². The van der Waals surface area contributed by atoms with Crippen LogP contribution in [-0.4, -0.2) is 13.4 Å². The minimum absolute atomic E-state index is 0.110. The summed E-state index contributed by atoms with van der Waals surface area (Å²) in [7, 11) is -3.75. The predicted molar refractivity (Wildman–Crippen MR) is 96.7 cm³/mol. The lowest BCUT2D eigenvalue weighted by Crippen LogP contribution is -2.13. The number of anilines is 1. The van der Waals surface area contributed by atoms with Gasteiger partial charge in [0.2, 0.25) is 0 Å². The van der Waals surface area contributed by atoms with Gasteiger partial charge in [-0.05, 0) is 49.9 Å². The molecular formula is C17H16N2O4S2. The molecule has 1 aliphatic carbocycles. The van der Waals surface area contributed by atoms with Gasteiger partial charge in [-0.2, -0.15) is 0 Å². The summed E-state index contributed by atoms with van der Waals surface area (Å²) in [5, 5.41) is 0.962. The van der Waals surface area contributed by atoms with Crippen molar-refractivity contribution in [2.24, 2.45) is 0 Å². The monoisotopic (exact) mass is 376 g/mol. The molecule has 0 bridgehead atoms. The Hall–Kier alpha value is -2.19. The number of hydrogen-bond donors (Lipinski definition) is 1. The SMILES string of the molecule is O=c1ccc2cc(S(=O)(=O)Nc3nc4c(s3)CCCCC4)ccc2o1. The second kappa shape index (κ2) is 6.27. The number of thiazole rings is 1. The van der Waals surface area contributed by atoms with Gasteiger partial charge in [-0.3, -0.25) is 4.72 Å². The number of nitrogens with one attached hydrogen (secondary N) is 1. The highest BCUT2D eigenvalue weighted by molar-refractivity contribution is 7.93. The number of nitrogens with zero attached hydrogens (tertiary/aromatic N) is 1. The van der Waals surface area contributed by atoms with Gasteiger partial charge < -0.3 is 4.42 Å². The second-order valence-electron chi connectivity index (χ2n) is 6.01. The fourth-order valence-electron chi connectivity index (χ4n) is 2.96. The van der Waals surface area contributed by atoms with Crippen molar-refractivity contribution in [1.82, 2.24) is 4.98 Å². The number of aryl methyl sites for hydroxylation is 2. The lowest BCUT2D eigenvalue weighted by atomic mass is 10.2. The van der Waals surface area contributed by atoms with Crippen molar-refractivity contribution in [2.45, 2.75) is 37.0 Å². The Morgan fingerprint density at radius 2 is 1.92 bits per heavy atom. The first-order valence-electron chi connectivity index (χ1n) is 8.07. The van der Waals surface area contributed by atoms with Crippen LogP contribution >= 0.6 is 11.3 Å². The molecule has 1 N–H and O–H groups in total. The van der Waals surface area contributed by atoms with Crippen molar-refractivity contribution in [3.05, 3.63) is 51.3 Å². The number of benzene rings is 1. The van der Waals surface area contributed by atoms with Crippen LogP contribution in [0.4, 0.5) is 5.13 Å². The normalized spacial score (nSPS) is 14.9. The molecule has 8 heteroatoms. The fourth-order valence-corrected chi connectivity index (χ4v) is 5.28. The van der Waals surface area contributed by atoms with Gasteiger partial charge in [0.15, 0.2) is 5.13 Å². The van der Waals surface area contributed by atoms with Crippen molar-refractivity contribution in [2.75, 3.05) is 4.72 Å². The Balaban J connectivity index is 1.65. The minimum atomic E-state index is -3.75. The van der Waals surface area contributed by atoms with Gasteiger partial charge in [0.1, 0.15) is 5.58 Å². The molecule has 1 aliphatic rings. The summed E-state index contributed by atoms with van der Waals surface area (Å²) in [5.74, 6) is 0. The maximum atomic E-state index is 12.7. The van der Waals surface area contributed by atoms with Crippen LogP contribution in [0.3, 0.4) is 0 Å². The Bertz CT molecular complexity index is 1080. The Morgan fingerprint density at radius 1 is 1.08 bits per heavy atom. The molecule has 0 atom stereocenters. The van der Waals surface area contributed by atoms with Crippen LogP contribution in [0.15, 0.2) is 44.4 Å². The molecule has 130 valence electrons. The van der Waals surface area contributed by atoms with Crippen LogP contribution in [0.2, 0.25) is 0 Å². The topological polar surface area (TPSA) is 89.3 Å². The van der Waals surface area contributed by atoms with Crippen LogP contribution < -0.4 is 10.3 Å². The first-order valence-corrected chi connectivity index (χ1v) is 10.4. The molecule has 0 amide bonds. The highest BCUT2D eigenvalue weighted by Gasteiger charge is 2.20. The van der Waals surface area contributed by atoms with Crippen LogP contribution in [-0.2, 0) is 22.9 Å². The van der Waals surface area contributed by atoms with Gasteiger partial charge in [0, 0.05) is 16.3 Å². The molecule has 25 heavy (non-hydrogen) atoms. The van der Waals surface area contributed by atoms with E-state index in [2.05, 4.69) is 9.71 Å². The number of rotatable bonds is 3. The third kappa shape index (κ3) is 3.32. The lowest BCUT2D eigenvalue weighted by molar-refractivity contribution is 0.560. The molecule has 6 nitrogen and oxygen atoms in total. The van der Waals surface area contributed by atoms with Gasteiger partial charge in [-0.25, -0.2) is 18.2 Å². The molecule has 0 aliphatic heterocycles. The largest absolute Gasteiger partial charge is 0.423 e. The predicted octanol–water partition coefficient (Wildman–Crippen LogP) is 3.32. The Kier molecular flexibility index (Phi) is 4.09. The third-order valence-electron chi connectivity index (χ3n) is 4.22. The molecule has 2 aromatic heterocycles. The first kappa shape index (κ1) is 16.3. The van der Waals surface area contributed by atoms with Gasteiger partial charge >= 0.3 is 5.63 Å². The molecule has 4 rings (SSSR count). The summed E-state index contributed by atoms with van der Waals surface area (Å²) in [5.41, 5.74) is 0.901. The zero-order chi connectivity index (χ0) is 17.4. The van der Waals surface area contributed by atoms with Gasteiger partial charge in [-0.1, -0.05) is 6.42 Å². The standard InChI is InChI=1S/C17H16N2O4S2/c20-16-9-6-11-10-12(7-8-14(11)23-16)25(21,22)19-17-18-13-4-2-1-3-5-15(13)24-17/h6-10H,1-5H2,(H,18,19). The molecule has 0 spiro atoms. The number of hydrogen-bond acceptors (Lipinski definition) is 6. The molecule has 0 unspecified atom stereocenters. The maximum absolute atomic E-state index is 12.7. The molecular weight excluding hydrogens is 360 g/mol. The summed E-state index contributed by atoms with van der Waals surface area (Å²) < 4.78 is 32.9. The highest BCUT2D eigenvalue weighted by Crippen LogP contribution is 2.30. The fraction of sp³-hybridized carbons (Fsp3) is 0.294. The van der Waals surface area contributed by atoms with Crippen molar-refractivity contribution in [3.63, 3.8) is 0 Å². The molecule has 0 radical (unpaired) electrons. The van der Waals surface area contributed by atoms with E-state index < -0.39 is 15.6 Å². The van der Waals surface area contributed by atoms with E-state index in [4.69, 9.17) is 4.42 Å². The van der Waals surface area contributed by atoms with E-state index in [1.54, 1.807) is 6.07 Å². The van der Waals surface area contributed by atoms with E-state index in [1.807, 2.05) is 0 Å². The zero-order valence-corrected chi connectivity index (χ0v) is 15.0. The summed E-state index contributed by atoms with van der Waals surface area (Å²) >= 11 is 1.41. The van der Waals surface area contributed by atoms with E-state index in [0.29, 0.717) is 16.1 Å². The van der Waals surface area contributed by atoms with E-state index in [1.165, 1.54) is 46.9 Å². The van der Waals surface area contributed by atoms with Gasteiger partial charge in [-0.15, -0.1) is 11.3 Å². The average molecular weight is 376 g/mol. The molecule has 2 heterocycles. The Morgan fingerprint density at radius 3 is 2.80 bits per heavy atom. The van der Waals surface area contributed by atoms with Crippen molar-refractivity contribution < 1.29 is 12.8 Å². The smallest absolute Gasteiger partial charge is 0.336 e. The van der Waals surface area contributed by atoms with E-state index in [9.17, 15) is 13.2 Å². The number of fused-ring (bicyclic) bond motifs is 2. The zero-order valence-electron chi connectivity index (χ0n) is 13.3. The van der Waals surface area contributed by atoms with Gasteiger partial charge in [0.05, 0.1) is 10.6 Å². The third-order valence-corrected chi connectivity index (χ3v) is 6.76. The molecule has 1 aromatic carbocycles. The average Bonchev–Trinajstić information content (AvgIpc) is 2.81. The van der Waals surface area contributed by atoms with Crippen LogP contribution in [0.25, 0.3) is 11.0 Å². The molecule has 0 fully saturated rings. The van der Waals surface area contributed by atoms with Crippen LogP contribution in [0.1, 0.15) is 29.8 Å². The number of aromatic nitrogens is 1. The van der Waals surface area contributed by atoms with E-state index >= 15 is 0 Å². The summed E-state index contributed by atoms with van der Waals surface area (Å²) in [6.45, 7) is 0. The van der Waals surface area contributed by atoms with Crippen LogP contribution in [0.5, 0.6) is 0 Å². The minimum Gasteiger partial charge on any atom is -0.423 e. The van der Waals surface area contributed by atoms with Gasteiger partial charge in [0.25, 0.3) is 10.0 Å². The van der Waals surface area contributed by atoms with Crippen LogP contribution in [0, 0.1) is 0 Å². The second-order valence-corrected chi connectivity index (χ2v) is 8.78. The molecule has 0 saturated heterocycles. The summed E-state index contributed by atoms with van der Waals surface area (Å²) in [4.78, 5) is 17.0. The maximum Gasteiger partial charge on any atom is 0.336 e. The molecule has 0 saturated carbocycles. The summed E-state index contributed by atoms with van der Waals surface area (Å²) in [6.07, 6.45) is 5.28. The lowest BCUT2D eigenvalue weighted by Gasteiger charge is -2.06. The summed E-state index contributed by atoms with van der Waals surface area (Å²) in [6, 6.07) is 7.21. The van der Waals surface area contributed by atoms with Crippen molar-refractivity contribution >= 4 is 37.5 Å². The number of sulfonamides is 1. The van der Waals surface area contributed by atoms with Crippen molar-refractivity contribution in [3.8, 4) is 0 Å². The van der Waals surface area contributed by atoms with E-state index in [0.717, 1.165) is 31.4 Å². The van der Waals surface area contributed by atoms with Crippen molar-refractivity contribution in [1.29, 1.82) is 0 Å². The molecule has 3 aromatic rings. The Labute approximate surface area is 148 Å². The highest BCUT2D eigenvalue weighted by atomic mass is 32.2.